The van der Waals surface area contributed by atoms with Gasteiger partial charge < -0.3 is 0 Å². The fraction of sp³-hybridized carbons (Fsp3) is 1.00. The highest BCUT2D eigenvalue weighted by Crippen LogP contribution is 2.40. The molecule has 1 atom stereocenters. The van der Waals surface area contributed by atoms with Crippen molar-refractivity contribution in [1.29, 1.82) is 0 Å². The SMILES string of the molecule is CCC1(C(C)C)CCCN(S(C)(=O)=O)C1. The molecule has 0 radical (unpaired) electrons. The molecule has 1 rings (SSSR count). The fourth-order valence-electron chi connectivity index (χ4n) is 2.57. The average Bonchev–Trinajstić information content (AvgIpc) is 2.16. The lowest BCUT2D eigenvalue weighted by Crippen LogP contribution is -2.47. The molecule has 0 aromatic rings. The summed E-state index contributed by atoms with van der Waals surface area (Å²) >= 11 is 0. The van der Waals surface area contributed by atoms with Crippen LogP contribution in [0, 0.1) is 11.3 Å². The quantitative estimate of drug-likeness (QED) is 0.748. The summed E-state index contributed by atoms with van der Waals surface area (Å²) < 4.78 is 24.7. The second-order valence-corrected chi connectivity index (χ2v) is 7.05. The van der Waals surface area contributed by atoms with Crippen LogP contribution in [0.1, 0.15) is 40.0 Å². The molecule has 0 aromatic carbocycles. The zero-order valence-electron chi connectivity index (χ0n) is 10.3. The van der Waals surface area contributed by atoms with E-state index in [1.807, 2.05) is 0 Å². The van der Waals surface area contributed by atoms with Gasteiger partial charge >= 0.3 is 0 Å². The Hall–Kier alpha value is -0.0900. The van der Waals surface area contributed by atoms with Gasteiger partial charge in [0, 0.05) is 13.1 Å². The highest BCUT2D eigenvalue weighted by molar-refractivity contribution is 7.88. The molecule has 4 heteroatoms. The van der Waals surface area contributed by atoms with Gasteiger partial charge in [-0.25, -0.2) is 12.7 Å². The third-order valence-corrected chi connectivity index (χ3v) is 5.22. The lowest BCUT2D eigenvalue weighted by atomic mass is 9.70. The van der Waals surface area contributed by atoms with Crippen LogP contribution >= 0.6 is 0 Å². The van der Waals surface area contributed by atoms with E-state index in [0.29, 0.717) is 19.0 Å². The molecule has 0 N–H and O–H groups in total. The second-order valence-electron chi connectivity index (χ2n) is 5.07. The van der Waals surface area contributed by atoms with Crippen molar-refractivity contribution in [3.63, 3.8) is 0 Å². The number of nitrogens with zero attached hydrogens (tertiary/aromatic N) is 1. The van der Waals surface area contributed by atoms with Gasteiger partial charge in [-0.05, 0) is 30.6 Å². The minimum atomic E-state index is -3.01. The van der Waals surface area contributed by atoms with E-state index < -0.39 is 10.0 Å². The highest BCUT2D eigenvalue weighted by atomic mass is 32.2. The Balaban J connectivity index is 2.87. The van der Waals surface area contributed by atoms with Crippen LogP contribution in [-0.4, -0.2) is 32.1 Å². The Bertz CT molecular complexity index is 311. The van der Waals surface area contributed by atoms with Crippen LogP contribution in [0.25, 0.3) is 0 Å². The second kappa shape index (κ2) is 4.42. The summed E-state index contributed by atoms with van der Waals surface area (Å²) in [4.78, 5) is 0. The third kappa shape index (κ3) is 2.72. The molecule has 1 aliphatic rings. The number of piperidine rings is 1. The van der Waals surface area contributed by atoms with Crippen molar-refractivity contribution < 1.29 is 8.42 Å². The van der Waals surface area contributed by atoms with Crippen molar-refractivity contribution in [3.05, 3.63) is 0 Å². The number of hydrogen-bond acceptors (Lipinski definition) is 2. The van der Waals surface area contributed by atoms with Crippen LogP contribution in [0.2, 0.25) is 0 Å². The average molecular weight is 233 g/mol. The maximum Gasteiger partial charge on any atom is 0.211 e. The van der Waals surface area contributed by atoms with Crippen LogP contribution in [0.4, 0.5) is 0 Å². The molecule has 1 heterocycles. The zero-order chi connectivity index (χ0) is 11.7. The van der Waals surface area contributed by atoms with E-state index in [1.54, 1.807) is 4.31 Å². The smallest absolute Gasteiger partial charge is 0.211 e. The topological polar surface area (TPSA) is 37.4 Å². The van der Waals surface area contributed by atoms with Gasteiger partial charge in [0.15, 0.2) is 0 Å². The van der Waals surface area contributed by atoms with E-state index in [-0.39, 0.29) is 5.41 Å². The third-order valence-electron chi connectivity index (χ3n) is 3.97. The molecular formula is C11H23NO2S. The van der Waals surface area contributed by atoms with Crippen molar-refractivity contribution in [3.8, 4) is 0 Å². The van der Waals surface area contributed by atoms with Gasteiger partial charge in [0.1, 0.15) is 0 Å². The Morgan fingerprint density at radius 3 is 2.40 bits per heavy atom. The van der Waals surface area contributed by atoms with Crippen molar-refractivity contribution in [1.82, 2.24) is 4.31 Å². The summed E-state index contributed by atoms with van der Waals surface area (Å²) in [6, 6.07) is 0. The van der Waals surface area contributed by atoms with Crippen molar-refractivity contribution in [2.24, 2.45) is 11.3 Å². The number of rotatable bonds is 3. The summed E-state index contributed by atoms with van der Waals surface area (Å²) in [7, 11) is -3.01. The van der Waals surface area contributed by atoms with Gasteiger partial charge in [-0.3, -0.25) is 0 Å². The first kappa shape index (κ1) is 13.0. The Kier molecular flexibility index (Phi) is 3.82. The zero-order valence-corrected chi connectivity index (χ0v) is 11.1. The largest absolute Gasteiger partial charge is 0.213 e. The first-order valence-electron chi connectivity index (χ1n) is 5.77. The van der Waals surface area contributed by atoms with E-state index in [1.165, 1.54) is 6.26 Å². The molecule has 0 spiro atoms. The Morgan fingerprint density at radius 1 is 1.40 bits per heavy atom. The molecule has 0 aromatic heterocycles. The van der Waals surface area contributed by atoms with Crippen molar-refractivity contribution >= 4 is 10.0 Å². The van der Waals surface area contributed by atoms with E-state index >= 15 is 0 Å². The standard InChI is InChI=1S/C11H23NO2S/c1-5-11(10(2)3)7-6-8-12(9-11)15(4,13)14/h10H,5-9H2,1-4H3. The summed E-state index contributed by atoms with van der Waals surface area (Å²) in [6.07, 6.45) is 4.54. The first-order chi connectivity index (χ1) is 6.82. The molecule has 1 saturated heterocycles. The van der Waals surface area contributed by atoms with Crippen LogP contribution in [0.3, 0.4) is 0 Å². The summed E-state index contributed by atoms with van der Waals surface area (Å²) in [5.41, 5.74) is 0.196. The van der Waals surface area contributed by atoms with Crippen LogP contribution < -0.4 is 0 Å². The van der Waals surface area contributed by atoms with Gasteiger partial charge in [-0.2, -0.15) is 0 Å². The molecule has 15 heavy (non-hydrogen) atoms. The van der Waals surface area contributed by atoms with E-state index in [0.717, 1.165) is 19.3 Å². The fourth-order valence-corrected chi connectivity index (χ4v) is 3.52. The molecule has 0 aliphatic carbocycles. The monoisotopic (exact) mass is 233 g/mol. The van der Waals surface area contributed by atoms with E-state index in [4.69, 9.17) is 0 Å². The van der Waals surface area contributed by atoms with Crippen LogP contribution in [0.5, 0.6) is 0 Å². The summed E-state index contributed by atoms with van der Waals surface area (Å²) in [6.45, 7) is 7.99. The molecule has 0 saturated carbocycles. The molecular weight excluding hydrogens is 210 g/mol. The predicted molar refractivity (Wildman–Crippen MR) is 63.2 cm³/mol. The van der Waals surface area contributed by atoms with Gasteiger partial charge in [-0.1, -0.05) is 20.8 Å². The van der Waals surface area contributed by atoms with Crippen LogP contribution in [-0.2, 0) is 10.0 Å². The van der Waals surface area contributed by atoms with E-state index in [9.17, 15) is 8.42 Å². The van der Waals surface area contributed by atoms with Crippen LogP contribution in [0.15, 0.2) is 0 Å². The normalized spacial score (nSPS) is 29.7. The molecule has 0 amide bonds. The van der Waals surface area contributed by atoms with Crippen molar-refractivity contribution in [2.45, 2.75) is 40.0 Å². The lowest BCUT2D eigenvalue weighted by molar-refractivity contribution is 0.0857. The summed E-state index contributed by atoms with van der Waals surface area (Å²) in [5, 5.41) is 0. The minimum Gasteiger partial charge on any atom is -0.213 e. The van der Waals surface area contributed by atoms with Crippen molar-refractivity contribution in [2.75, 3.05) is 19.3 Å². The molecule has 3 nitrogen and oxygen atoms in total. The predicted octanol–water partition coefficient (Wildman–Crippen LogP) is 2.09. The molecule has 1 unspecified atom stereocenters. The number of sulfonamides is 1. The molecule has 1 fully saturated rings. The Morgan fingerprint density at radius 2 is 2.00 bits per heavy atom. The molecule has 1 aliphatic heterocycles. The van der Waals surface area contributed by atoms with Gasteiger partial charge in [-0.15, -0.1) is 0 Å². The summed E-state index contributed by atoms with van der Waals surface area (Å²) in [5.74, 6) is 0.548. The highest BCUT2D eigenvalue weighted by Gasteiger charge is 2.39. The van der Waals surface area contributed by atoms with Gasteiger partial charge in [0.05, 0.1) is 6.26 Å². The van der Waals surface area contributed by atoms with Gasteiger partial charge in [0.2, 0.25) is 10.0 Å². The minimum absolute atomic E-state index is 0.196. The first-order valence-corrected chi connectivity index (χ1v) is 7.62. The van der Waals surface area contributed by atoms with E-state index in [2.05, 4.69) is 20.8 Å². The number of hydrogen-bond donors (Lipinski definition) is 0. The maximum absolute atomic E-state index is 11.5. The lowest BCUT2D eigenvalue weighted by Gasteiger charge is -2.44. The maximum atomic E-state index is 11.5. The van der Waals surface area contributed by atoms with Gasteiger partial charge in [0.25, 0.3) is 0 Å². The molecule has 90 valence electrons. The molecule has 0 bridgehead atoms. The Labute approximate surface area is 93.9 Å².